The smallest absolute Gasteiger partial charge is 0.0180 e. The third-order valence-corrected chi connectivity index (χ3v) is 3.34. The standard InChI is InChI=1S/C11H20/c1-8(2)11-7-5-6-9(3)10(11)4/h9-11H,1,5-7H2,2-4H3. The fourth-order valence-electron chi connectivity index (χ4n) is 2.28. The van der Waals surface area contributed by atoms with Crippen LogP contribution in [0.3, 0.4) is 0 Å². The molecule has 3 unspecified atom stereocenters. The molecule has 0 nitrogen and oxygen atoms in total. The van der Waals surface area contributed by atoms with Gasteiger partial charge in [0, 0.05) is 0 Å². The molecule has 1 rings (SSSR count). The zero-order valence-electron chi connectivity index (χ0n) is 8.06. The van der Waals surface area contributed by atoms with Crippen LogP contribution in [0, 0.1) is 17.8 Å². The van der Waals surface area contributed by atoms with Crippen molar-refractivity contribution in [3.63, 3.8) is 0 Å². The lowest BCUT2D eigenvalue weighted by Crippen LogP contribution is -2.24. The van der Waals surface area contributed by atoms with E-state index in [-0.39, 0.29) is 0 Å². The zero-order valence-corrected chi connectivity index (χ0v) is 8.06. The maximum Gasteiger partial charge on any atom is -0.0180 e. The van der Waals surface area contributed by atoms with Crippen molar-refractivity contribution in [3.8, 4) is 0 Å². The van der Waals surface area contributed by atoms with E-state index in [0.717, 1.165) is 17.8 Å². The minimum absolute atomic E-state index is 0.804. The number of allylic oxidation sites excluding steroid dienone is 1. The quantitative estimate of drug-likeness (QED) is 0.503. The SMILES string of the molecule is C=C(C)C1CCCC(C)C1C. The lowest BCUT2D eigenvalue weighted by molar-refractivity contribution is 0.210. The maximum absolute atomic E-state index is 4.06. The van der Waals surface area contributed by atoms with E-state index in [1.807, 2.05) is 0 Å². The van der Waals surface area contributed by atoms with Crippen LogP contribution in [0.15, 0.2) is 12.2 Å². The van der Waals surface area contributed by atoms with Crippen LogP contribution in [0.5, 0.6) is 0 Å². The monoisotopic (exact) mass is 152 g/mol. The van der Waals surface area contributed by atoms with Crippen LogP contribution < -0.4 is 0 Å². The molecule has 64 valence electrons. The lowest BCUT2D eigenvalue weighted by Gasteiger charge is -2.34. The van der Waals surface area contributed by atoms with Gasteiger partial charge in [-0.2, -0.15) is 0 Å². The molecule has 1 saturated carbocycles. The Labute approximate surface area is 70.7 Å². The fourth-order valence-corrected chi connectivity index (χ4v) is 2.28. The van der Waals surface area contributed by atoms with Gasteiger partial charge in [-0.25, -0.2) is 0 Å². The number of rotatable bonds is 1. The largest absolute Gasteiger partial charge is 0.0999 e. The summed E-state index contributed by atoms with van der Waals surface area (Å²) in [5.74, 6) is 2.57. The van der Waals surface area contributed by atoms with Crippen molar-refractivity contribution in [1.82, 2.24) is 0 Å². The first-order valence-electron chi connectivity index (χ1n) is 4.78. The molecule has 3 atom stereocenters. The molecule has 0 amide bonds. The van der Waals surface area contributed by atoms with Crippen LogP contribution in [-0.4, -0.2) is 0 Å². The summed E-state index contributed by atoms with van der Waals surface area (Å²) < 4.78 is 0. The predicted molar refractivity (Wildman–Crippen MR) is 50.5 cm³/mol. The van der Waals surface area contributed by atoms with Gasteiger partial charge in [0.2, 0.25) is 0 Å². The Hall–Kier alpha value is -0.260. The molecule has 0 aromatic carbocycles. The Morgan fingerprint density at radius 2 is 1.91 bits per heavy atom. The first-order valence-corrected chi connectivity index (χ1v) is 4.78. The molecule has 0 N–H and O–H groups in total. The molecule has 0 heterocycles. The summed E-state index contributed by atoms with van der Waals surface area (Å²) >= 11 is 0. The highest BCUT2D eigenvalue weighted by atomic mass is 14.3. The Morgan fingerprint density at radius 3 is 2.36 bits per heavy atom. The topological polar surface area (TPSA) is 0 Å². The molecule has 0 aromatic rings. The van der Waals surface area contributed by atoms with Crippen molar-refractivity contribution in [2.24, 2.45) is 17.8 Å². The van der Waals surface area contributed by atoms with Crippen LogP contribution in [0.4, 0.5) is 0 Å². The van der Waals surface area contributed by atoms with E-state index in [0.29, 0.717) is 0 Å². The molecule has 0 radical (unpaired) electrons. The molecule has 0 saturated heterocycles. The Bertz CT molecular complexity index is 146. The molecule has 0 aromatic heterocycles. The van der Waals surface area contributed by atoms with Gasteiger partial charge in [0.05, 0.1) is 0 Å². The summed E-state index contributed by atoms with van der Waals surface area (Å²) in [5, 5.41) is 0. The maximum atomic E-state index is 4.06. The van der Waals surface area contributed by atoms with E-state index in [1.165, 1.54) is 24.8 Å². The molecule has 0 aliphatic heterocycles. The van der Waals surface area contributed by atoms with Gasteiger partial charge in [-0.1, -0.05) is 38.8 Å². The van der Waals surface area contributed by atoms with Crippen LogP contribution in [-0.2, 0) is 0 Å². The lowest BCUT2D eigenvalue weighted by atomic mass is 9.71. The first kappa shape index (κ1) is 8.83. The second kappa shape index (κ2) is 3.42. The average Bonchev–Trinajstić information content (AvgIpc) is 1.94. The summed E-state index contributed by atoms with van der Waals surface area (Å²) in [6, 6.07) is 0. The minimum atomic E-state index is 0.804. The normalized spacial score (nSPS) is 38.6. The van der Waals surface area contributed by atoms with Gasteiger partial charge in [-0.15, -0.1) is 0 Å². The van der Waals surface area contributed by atoms with E-state index in [9.17, 15) is 0 Å². The second-order valence-electron chi connectivity index (χ2n) is 4.22. The van der Waals surface area contributed by atoms with Gasteiger partial charge in [0.1, 0.15) is 0 Å². The highest BCUT2D eigenvalue weighted by Gasteiger charge is 2.26. The summed E-state index contributed by atoms with van der Waals surface area (Å²) in [7, 11) is 0. The van der Waals surface area contributed by atoms with Gasteiger partial charge in [-0.05, 0) is 31.1 Å². The molecule has 0 bridgehead atoms. The van der Waals surface area contributed by atoms with Gasteiger partial charge in [0.25, 0.3) is 0 Å². The molecule has 1 fully saturated rings. The first-order chi connectivity index (χ1) is 5.13. The minimum Gasteiger partial charge on any atom is -0.0999 e. The summed E-state index contributed by atoms with van der Waals surface area (Å²) in [6.07, 6.45) is 4.20. The molecule has 1 aliphatic rings. The highest BCUT2D eigenvalue weighted by Crippen LogP contribution is 2.37. The van der Waals surface area contributed by atoms with Gasteiger partial charge in [-0.3, -0.25) is 0 Å². The molecule has 0 spiro atoms. The molecular formula is C11H20. The van der Waals surface area contributed by atoms with Gasteiger partial charge >= 0.3 is 0 Å². The van der Waals surface area contributed by atoms with Crippen LogP contribution in [0.2, 0.25) is 0 Å². The second-order valence-corrected chi connectivity index (χ2v) is 4.22. The van der Waals surface area contributed by atoms with E-state index < -0.39 is 0 Å². The van der Waals surface area contributed by atoms with Crippen molar-refractivity contribution in [2.45, 2.75) is 40.0 Å². The molecular weight excluding hydrogens is 132 g/mol. The Balaban J connectivity index is 2.58. The molecule has 0 heteroatoms. The van der Waals surface area contributed by atoms with Crippen molar-refractivity contribution < 1.29 is 0 Å². The summed E-state index contributed by atoms with van der Waals surface area (Å²) in [5.41, 5.74) is 1.39. The van der Waals surface area contributed by atoms with Crippen LogP contribution in [0.25, 0.3) is 0 Å². The predicted octanol–water partition coefficient (Wildman–Crippen LogP) is 3.63. The fraction of sp³-hybridized carbons (Fsp3) is 0.818. The third kappa shape index (κ3) is 1.85. The van der Waals surface area contributed by atoms with E-state index in [1.54, 1.807) is 0 Å². The number of hydrogen-bond donors (Lipinski definition) is 0. The average molecular weight is 152 g/mol. The van der Waals surface area contributed by atoms with Crippen molar-refractivity contribution in [3.05, 3.63) is 12.2 Å². The van der Waals surface area contributed by atoms with Gasteiger partial charge < -0.3 is 0 Å². The van der Waals surface area contributed by atoms with Crippen molar-refractivity contribution >= 4 is 0 Å². The highest BCUT2D eigenvalue weighted by molar-refractivity contribution is 5.00. The zero-order chi connectivity index (χ0) is 8.43. The van der Waals surface area contributed by atoms with E-state index in [2.05, 4.69) is 27.4 Å². The van der Waals surface area contributed by atoms with Crippen LogP contribution >= 0.6 is 0 Å². The van der Waals surface area contributed by atoms with Crippen molar-refractivity contribution in [2.75, 3.05) is 0 Å². The number of hydrogen-bond acceptors (Lipinski definition) is 0. The summed E-state index contributed by atoms with van der Waals surface area (Å²) in [6.45, 7) is 11.0. The van der Waals surface area contributed by atoms with E-state index >= 15 is 0 Å². The third-order valence-electron chi connectivity index (χ3n) is 3.34. The Morgan fingerprint density at radius 1 is 1.27 bits per heavy atom. The van der Waals surface area contributed by atoms with Crippen molar-refractivity contribution in [1.29, 1.82) is 0 Å². The summed E-state index contributed by atoms with van der Waals surface area (Å²) in [4.78, 5) is 0. The van der Waals surface area contributed by atoms with Crippen LogP contribution in [0.1, 0.15) is 40.0 Å². The Kier molecular flexibility index (Phi) is 2.75. The van der Waals surface area contributed by atoms with Gasteiger partial charge in [0.15, 0.2) is 0 Å². The van der Waals surface area contributed by atoms with E-state index in [4.69, 9.17) is 0 Å². The molecule has 11 heavy (non-hydrogen) atoms. The molecule has 1 aliphatic carbocycles.